The van der Waals surface area contributed by atoms with Crippen molar-refractivity contribution in [2.45, 2.75) is 4.90 Å². The van der Waals surface area contributed by atoms with Crippen LogP contribution < -0.4 is 10.9 Å². The minimum Gasteiger partial charge on any atom is -0.438 e. The predicted octanol–water partition coefficient (Wildman–Crippen LogP) is 5.86. The highest BCUT2D eigenvalue weighted by molar-refractivity contribution is 9.10. The van der Waals surface area contributed by atoms with Crippen LogP contribution in [0.1, 0.15) is 10.4 Å². The van der Waals surface area contributed by atoms with E-state index in [-0.39, 0.29) is 11.5 Å². The zero-order chi connectivity index (χ0) is 19.5. The molecule has 0 bridgehead atoms. The first-order chi connectivity index (χ1) is 13.6. The van der Waals surface area contributed by atoms with E-state index in [2.05, 4.69) is 31.2 Å². The maximum absolute atomic E-state index is 12.9. The van der Waals surface area contributed by atoms with Gasteiger partial charge in [0.2, 0.25) is 5.55 Å². The van der Waals surface area contributed by atoms with Gasteiger partial charge in [-0.1, -0.05) is 22.0 Å². The molecule has 2 heterocycles. The molecule has 4 rings (SSSR count). The van der Waals surface area contributed by atoms with Crippen LogP contribution in [0, 0.1) is 0 Å². The van der Waals surface area contributed by atoms with E-state index < -0.39 is 0 Å². The summed E-state index contributed by atoms with van der Waals surface area (Å²) in [6.45, 7) is 0. The number of thioether (sulfide) groups is 1. The molecule has 8 heteroatoms. The van der Waals surface area contributed by atoms with Crippen LogP contribution >= 0.6 is 39.0 Å². The average molecular weight is 472 g/mol. The van der Waals surface area contributed by atoms with Gasteiger partial charge in [-0.05, 0) is 48.7 Å². The van der Waals surface area contributed by atoms with Crippen LogP contribution in [0.3, 0.4) is 0 Å². The standard InChI is InChI=1S/C20H14BrN3O2S2/c1-27-15-4-2-3-14(11-15)23-19-16(18(25)24-20-22-7-8-28-20)10-12-9-13(21)5-6-17(12)26-19/h2-11H,1H3,(H,22,24,25). The number of nitrogens with zero attached hydrogens (tertiary/aromatic N) is 2. The summed E-state index contributed by atoms with van der Waals surface area (Å²) in [4.78, 5) is 22.7. The molecule has 28 heavy (non-hydrogen) atoms. The summed E-state index contributed by atoms with van der Waals surface area (Å²) in [5.41, 5.74) is 1.96. The van der Waals surface area contributed by atoms with E-state index >= 15 is 0 Å². The number of hydrogen-bond donors (Lipinski definition) is 1. The molecule has 0 saturated carbocycles. The molecule has 140 valence electrons. The Bertz CT molecular complexity index is 1220. The Morgan fingerprint density at radius 2 is 2.14 bits per heavy atom. The largest absolute Gasteiger partial charge is 0.438 e. The molecule has 0 unspecified atom stereocenters. The van der Waals surface area contributed by atoms with Crippen LogP contribution in [-0.4, -0.2) is 17.1 Å². The Labute approximate surface area is 177 Å². The number of benzene rings is 2. The van der Waals surface area contributed by atoms with Gasteiger partial charge in [0.05, 0.1) is 5.69 Å². The van der Waals surface area contributed by atoms with Crippen molar-refractivity contribution in [3.63, 3.8) is 0 Å². The summed E-state index contributed by atoms with van der Waals surface area (Å²) in [5.74, 6) is -0.319. The molecule has 1 N–H and O–H groups in total. The summed E-state index contributed by atoms with van der Waals surface area (Å²) >= 11 is 6.44. The molecule has 0 atom stereocenters. The average Bonchev–Trinajstić information content (AvgIpc) is 3.20. The van der Waals surface area contributed by atoms with Gasteiger partial charge in [0, 0.05) is 26.3 Å². The van der Waals surface area contributed by atoms with Crippen molar-refractivity contribution in [2.24, 2.45) is 4.99 Å². The number of halogens is 1. The number of rotatable bonds is 4. The summed E-state index contributed by atoms with van der Waals surface area (Å²) in [6, 6.07) is 15.2. The van der Waals surface area contributed by atoms with Gasteiger partial charge in [-0.2, -0.15) is 0 Å². The fourth-order valence-electron chi connectivity index (χ4n) is 2.59. The van der Waals surface area contributed by atoms with Gasteiger partial charge in [-0.25, -0.2) is 9.98 Å². The molecular formula is C20H14BrN3O2S2. The molecule has 0 aliphatic carbocycles. The Kier molecular flexibility index (Phi) is 5.61. The zero-order valence-corrected chi connectivity index (χ0v) is 17.9. The number of aromatic nitrogens is 1. The smallest absolute Gasteiger partial charge is 0.262 e. The van der Waals surface area contributed by atoms with E-state index in [1.807, 2.05) is 48.7 Å². The third kappa shape index (κ3) is 4.19. The number of thiazole rings is 1. The molecule has 5 nitrogen and oxygen atoms in total. The molecule has 1 amide bonds. The first-order valence-corrected chi connectivity index (χ1v) is 11.2. The normalized spacial score (nSPS) is 11.7. The Morgan fingerprint density at radius 3 is 2.93 bits per heavy atom. The van der Waals surface area contributed by atoms with Crippen molar-refractivity contribution in [3.05, 3.63) is 75.7 Å². The first-order valence-electron chi connectivity index (χ1n) is 8.25. The van der Waals surface area contributed by atoms with Gasteiger partial charge < -0.3 is 4.42 Å². The zero-order valence-electron chi connectivity index (χ0n) is 14.7. The van der Waals surface area contributed by atoms with Crippen molar-refractivity contribution in [2.75, 3.05) is 11.6 Å². The highest BCUT2D eigenvalue weighted by Crippen LogP contribution is 2.23. The molecule has 0 aliphatic heterocycles. The van der Waals surface area contributed by atoms with Crippen LogP contribution in [0.15, 0.2) is 78.9 Å². The molecule has 0 radical (unpaired) electrons. The lowest BCUT2D eigenvalue weighted by Gasteiger charge is -2.06. The van der Waals surface area contributed by atoms with Gasteiger partial charge in [0.25, 0.3) is 5.91 Å². The highest BCUT2D eigenvalue weighted by atomic mass is 79.9. The van der Waals surface area contributed by atoms with E-state index in [9.17, 15) is 4.79 Å². The van der Waals surface area contributed by atoms with Gasteiger partial charge in [0.15, 0.2) is 5.13 Å². The van der Waals surface area contributed by atoms with Crippen molar-refractivity contribution in [1.82, 2.24) is 4.98 Å². The fraction of sp³-hybridized carbons (Fsp3) is 0.0500. The van der Waals surface area contributed by atoms with Crippen molar-refractivity contribution < 1.29 is 9.21 Å². The number of hydrogen-bond acceptors (Lipinski definition) is 6. The van der Waals surface area contributed by atoms with E-state index in [0.29, 0.717) is 16.3 Å². The summed E-state index contributed by atoms with van der Waals surface area (Å²) in [5, 5.41) is 5.93. The predicted molar refractivity (Wildman–Crippen MR) is 117 cm³/mol. The lowest BCUT2D eigenvalue weighted by atomic mass is 10.1. The van der Waals surface area contributed by atoms with Gasteiger partial charge in [-0.3, -0.25) is 10.1 Å². The first kappa shape index (κ1) is 18.9. The van der Waals surface area contributed by atoms with Crippen molar-refractivity contribution >= 4 is 66.7 Å². The monoisotopic (exact) mass is 471 g/mol. The molecule has 2 aromatic carbocycles. The lowest BCUT2D eigenvalue weighted by molar-refractivity contribution is 0.102. The minimum atomic E-state index is -0.319. The molecule has 0 spiro atoms. The van der Waals surface area contributed by atoms with E-state index in [1.165, 1.54) is 11.3 Å². The third-order valence-corrected chi connectivity index (χ3v) is 5.80. The second-order valence-corrected chi connectivity index (χ2v) is 8.44. The number of nitrogens with one attached hydrogen (secondary N) is 1. The molecule has 4 aromatic rings. The maximum atomic E-state index is 12.9. The van der Waals surface area contributed by atoms with Crippen LogP contribution in [0.2, 0.25) is 0 Å². The van der Waals surface area contributed by atoms with Crippen LogP contribution in [-0.2, 0) is 0 Å². The molecule has 2 aromatic heterocycles. The van der Waals surface area contributed by atoms with Crippen molar-refractivity contribution in [1.29, 1.82) is 0 Å². The number of anilines is 1. The topological polar surface area (TPSA) is 67.5 Å². The highest BCUT2D eigenvalue weighted by Gasteiger charge is 2.14. The Balaban J connectivity index is 1.88. The molecule has 0 aliphatic rings. The second kappa shape index (κ2) is 8.30. The van der Waals surface area contributed by atoms with Gasteiger partial charge in [-0.15, -0.1) is 23.1 Å². The number of amides is 1. The van der Waals surface area contributed by atoms with Crippen LogP contribution in [0.5, 0.6) is 0 Å². The summed E-state index contributed by atoms with van der Waals surface area (Å²) < 4.78 is 6.90. The SMILES string of the molecule is CSc1cccc(N=c2oc3ccc(Br)cc3cc2C(=O)Nc2nccs2)c1. The molecule has 0 fully saturated rings. The quantitative estimate of drug-likeness (QED) is 0.378. The van der Waals surface area contributed by atoms with Crippen molar-refractivity contribution in [3.8, 4) is 0 Å². The van der Waals surface area contributed by atoms with E-state index in [4.69, 9.17) is 4.42 Å². The van der Waals surface area contributed by atoms with Gasteiger partial charge in [0.1, 0.15) is 11.1 Å². The Hall–Kier alpha value is -2.42. The molecular weight excluding hydrogens is 458 g/mol. The molecule has 0 saturated heterocycles. The lowest BCUT2D eigenvalue weighted by Crippen LogP contribution is -2.21. The maximum Gasteiger partial charge on any atom is 0.262 e. The number of carbonyl (C=O) groups is 1. The van der Waals surface area contributed by atoms with Gasteiger partial charge >= 0.3 is 0 Å². The van der Waals surface area contributed by atoms with Crippen LogP contribution in [0.25, 0.3) is 11.0 Å². The number of fused-ring (bicyclic) bond motifs is 1. The fourth-order valence-corrected chi connectivity index (χ4v) is 3.95. The minimum absolute atomic E-state index is 0.252. The Morgan fingerprint density at radius 1 is 1.25 bits per heavy atom. The second-order valence-electron chi connectivity index (χ2n) is 5.75. The van der Waals surface area contributed by atoms with E-state index in [1.54, 1.807) is 29.4 Å². The summed E-state index contributed by atoms with van der Waals surface area (Å²) in [6.07, 6.45) is 3.64. The summed E-state index contributed by atoms with van der Waals surface area (Å²) in [7, 11) is 0. The van der Waals surface area contributed by atoms with E-state index in [0.717, 1.165) is 20.4 Å². The number of carbonyl (C=O) groups excluding carboxylic acids is 1. The van der Waals surface area contributed by atoms with Crippen LogP contribution in [0.4, 0.5) is 10.8 Å². The third-order valence-electron chi connectivity index (χ3n) is 3.89.